The highest BCUT2D eigenvalue weighted by atomic mass is 16.6. The third-order valence-corrected chi connectivity index (χ3v) is 3.85. The normalized spacial score (nSPS) is 12.5. The number of rotatable bonds is 7. The highest BCUT2D eigenvalue weighted by molar-refractivity contribution is 5.29. The Morgan fingerprint density at radius 3 is 2.47 bits per heavy atom. The van der Waals surface area contributed by atoms with Crippen LogP contribution < -0.4 is 10.2 Å². The second-order valence-corrected chi connectivity index (χ2v) is 5.36. The van der Waals surface area contributed by atoms with Crippen LogP contribution in [0.15, 0.2) is 9.21 Å². The van der Waals surface area contributed by atoms with Gasteiger partial charge in [-0.15, -0.1) is 0 Å². The zero-order chi connectivity index (χ0) is 14.4. The molecule has 1 aromatic heterocycles. The fraction of sp³-hybridized carbons (Fsp3) is 0.688. The van der Waals surface area contributed by atoms with Crippen molar-refractivity contribution in [2.45, 2.75) is 59.8 Å². The summed E-state index contributed by atoms with van der Waals surface area (Å²) in [5.41, 5.74) is 1.32. The third kappa shape index (κ3) is 4.12. The lowest BCUT2D eigenvalue weighted by Crippen LogP contribution is -2.13. The Morgan fingerprint density at radius 2 is 1.89 bits per heavy atom. The molecule has 0 unspecified atom stereocenters. The first kappa shape index (κ1) is 15.8. The molecule has 1 rings (SSSR count). The smallest absolute Gasteiger partial charge is 0.291 e. The molecule has 0 aromatic carbocycles. The van der Waals surface area contributed by atoms with E-state index in [0.29, 0.717) is 11.5 Å². The number of hydrogen-bond acceptors (Lipinski definition) is 3. The van der Waals surface area contributed by atoms with Gasteiger partial charge in [0.1, 0.15) is 5.76 Å². The zero-order valence-electron chi connectivity index (χ0n) is 12.8. The minimum atomic E-state index is 0.0417. The Labute approximate surface area is 116 Å². The van der Waals surface area contributed by atoms with Crippen LogP contribution in [0.3, 0.4) is 0 Å². The first-order valence-corrected chi connectivity index (χ1v) is 7.18. The number of unbranched alkanes of at least 4 members (excludes halogenated alkanes) is 1. The molecular formula is C16H26O3. The largest absolute Gasteiger partial charge is 0.468 e. The summed E-state index contributed by atoms with van der Waals surface area (Å²) >= 11 is 0. The van der Waals surface area contributed by atoms with Crippen molar-refractivity contribution in [1.29, 1.82) is 0 Å². The number of methoxy groups -OCH3 is 1. The lowest BCUT2D eigenvalue weighted by Gasteiger charge is -2.10. The number of hydrogen-bond donors (Lipinski definition) is 0. The van der Waals surface area contributed by atoms with Gasteiger partial charge in [0.25, 0.3) is 5.95 Å². The molecule has 1 atom stereocenters. The monoisotopic (exact) mass is 266 g/mol. The van der Waals surface area contributed by atoms with Crippen LogP contribution >= 0.6 is 0 Å². The molecule has 0 bridgehead atoms. The van der Waals surface area contributed by atoms with Gasteiger partial charge in [-0.2, -0.15) is 0 Å². The van der Waals surface area contributed by atoms with E-state index in [9.17, 15) is 4.79 Å². The van der Waals surface area contributed by atoms with E-state index in [-0.39, 0.29) is 5.43 Å². The van der Waals surface area contributed by atoms with Gasteiger partial charge < -0.3 is 9.15 Å². The topological polar surface area (TPSA) is 39.4 Å². The fourth-order valence-electron chi connectivity index (χ4n) is 2.18. The van der Waals surface area contributed by atoms with Crippen molar-refractivity contribution in [3.63, 3.8) is 0 Å². The number of ether oxygens (including phenoxy) is 1. The van der Waals surface area contributed by atoms with E-state index < -0.39 is 0 Å². The van der Waals surface area contributed by atoms with Gasteiger partial charge in [-0.3, -0.25) is 4.79 Å². The van der Waals surface area contributed by atoms with Gasteiger partial charge in [-0.1, -0.05) is 33.1 Å². The van der Waals surface area contributed by atoms with E-state index in [4.69, 9.17) is 9.15 Å². The van der Waals surface area contributed by atoms with Crippen LogP contribution in [-0.2, 0) is 6.42 Å². The van der Waals surface area contributed by atoms with E-state index >= 15 is 0 Å². The van der Waals surface area contributed by atoms with Crippen molar-refractivity contribution >= 4 is 0 Å². The highest BCUT2D eigenvalue weighted by Crippen LogP contribution is 2.20. The molecule has 3 nitrogen and oxygen atoms in total. The molecule has 0 spiro atoms. The predicted octanol–water partition coefficient (Wildman–Crippen LogP) is 4.02. The molecule has 0 saturated carbocycles. The molecule has 19 heavy (non-hydrogen) atoms. The lowest BCUT2D eigenvalue weighted by molar-refractivity contribution is 0.277. The van der Waals surface area contributed by atoms with Gasteiger partial charge in [0.2, 0.25) is 0 Å². The van der Waals surface area contributed by atoms with Crippen LogP contribution in [0.25, 0.3) is 0 Å². The fourth-order valence-corrected chi connectivity index (χ4v) is 2.18. The minimum absolute atomic E-state index is 0.0417. The van der Waals surface area contributed by atoms with E-state index in [2.05, 4.69) is 13.8 Å². The Kier molecular flexibility index (Phi) is 6.13. The van der Waals surface area contributed by atoms with Crippen LogP contribution in [0.4, 0.5) is 0 Å². The second-order valence-electron chi connectivity index (χ2n) is 5.36. The van der Waals surface area contributed by atoms with Gasteiger partial charge >= 0.3 is 0 Å². The Bertz CT molecular complexity index is 460. The van der Waals surface area contributed by atoms with Crippen molar-refractivity contribution in [2.24, 2.45) is 5.92 Å². The molecule has 0 N–H and O–H groups in total. The average Bonchev–Trinajstić information content (AvgIpc) is 2.42. The SMILES string of the molecule is CC[C@H](C)CCCCc1oc(OC)c(C)c(=O)c1C. The lowest BCUT2D eigenvalue weighted by atomic mass is 10.00. The standard InChI is InChI=1S/C16H26O3/c1-6-11(2)9-7-8-10-14-12(3)15(17)13(4)16(18-5)19-14/h11H,6-10H2,1-5H3/t11-/m0/s1. The Balaban J connectivity index is 2.69. The summed E-state index contributed by atoms with van der Waals surface area (Å²) in [4.78, 5) is 12.0. The van der Waals surface area contributed by atoms with E-state index in [1.807, 2.05) is 6.92 Å². The summed E-state index contributed by atoms with van der Waals surface area (Å²) in [6.07, 6.45) is 5.51. The first-order valence-electron chi connectivity index (χ1n) is 7.18. The highest BCUT2D eigenvalue weighted by Gasteiger charge is 2.13. The molecule has 0 fully saturated rings. The summed E-state index contributed by atoms with van der Waals surface area (Å²) in [5.74, 6) is 1.91. The van der Waals surface area contributed by atoms with Gasteiger partial charge in [-0.05, 0) is 26.2 Å². The molecule has 0 saturated heterocycles. The van der Waals surface area contributed by atoms with Gasteiger partial charge in [-0.25, -0.2) is 0 Å². The Hall–Kier alpha value is -1.25. The van der Waals surface area contributed by atoms with Gasteiger partial charge in [0.05, 0.1) is 12.7 Å². The maximum absolute atomic E-state index is 12.0. The summed E-state index contributed by atoms with van der Waals surface area (Å²) in [7, 11) is 1.54. The number of aryl methyl sites for hydroxylation is 1. The van der Waals surface area contributed by atoms with Crippen LogP contribution in [0.2, 0.25) is 0 Å². The second kappa shape index (κ2) is 7.37. The summed E-state index contributed by atoms with van der Waals surface area (Å²) < 4.78 is 10.8. The molecule has 3 heteroatoms. The molecule has 1 heterocycles. The van der Waals surface area contributed by atoms with E-state index in [1.54, 1.807) is 6.92 Å². The van der Waals surface area contributed by atoms with E-state index in [1.165, 1.54) is 26.4 Å². The molecular weight excluding hydrogens is 240 g/mol. The summed E-state index contributed by atoms with van der Waals surface area (Å²) in [6.45, 7) is 8.08. The van der Waals surface area contributed by atoms with Crippen LogP contribution in [0.5, 0.6) is 5.95 Å². The molecule has 0 aliphatic carbocycles. The van der Waals surface area contributed by atoms with Crippen LogP contribution in [0.1, 0.15) is 56.4 Å². The summed E-state index contributed by atoms with van der Waals surface area (Å²) in [5, 5.41) is 0. The maximum Gasteiger partial charge on any atom is 0.291 e. The molecule has 0 aliphatic rings. The van der Waals surface area contributed by atoms with Crippen molar-refractivity contribution < 1.29 is 9.15 Å². The molecule has 108 valence electrons. The predicted molar refractivity (Wildman–Crippen MR) is 78.0 cm³/mol. The van der Waals surface area contributed by atoms with Crippen LogP contribution in [-0.4, -0.2) is 7.11 Å². The third-order valence-electron chi connectivity index (χ3n) is 3.85. The summed E-state index contributed by atoms with van der Waals surface area (Å²) in [6, 6.07) is 0. The van der Waals surface area contributed by atoms with Crippen molar-refractivity contribution in [3.05, 3.63) is 27.1 Å². The molecule has 1 aromatic rings. The average molecular weight is 266 g/mol. The van der Waals surface area contributed by atoms with Crippen molar-refractivity contribution in [1.82, 2.24) is 0 Å². The molecule has 0 amide bonds. The first-order chi connectivity index (χ1) is 9.01. The van der Waals surface area contributed by atoms with Crippen molar-refractivity contribution in [3.8, 4) is 5.95 Å². The minimum Gasteiger partial charge on any atom is -0.468 e. The quantitative estimate of drug-likeness (QED) is 0.700. The van der Waals surface area contributed by atoms with Crippen LogP contribution in [0, 0.1) is 19.8 Å². The zero-order valence-corrected chi connectivity index (χ0v) is 12.8. The Morgan fingerprint density at radius 1 is 1.21 bits per heavy atom. The molecule has 0 aliphatic heterocycles. The van der Waals surface area contributed by atoms with Gasteiger partial charge in [0.15, 0.2) is 5.43 Å². The van der Waals surface area contributed by atoms with Crippen molar-refractivity contribution in [2.75, 3.05) is 7.11 Å². The molecule has 0 radical (unpaired) electrons. The maximum atomic E-state index is 12.0. The van der Waals surface area contributed by atoms with E-state index in [0.717, 1.165) is 30.1 Å². The van der Waals surface area contributed by atoms with Gasteiger partial charge in [0, 0.05) is 12.0 Å².